The maximum absolute atomic E-state index is 11.8. The van der Waals surface area contributed by atoms with E-state index in [1.165, 1.54) is 12.1 Å². The summed E-state index contributed by atoms with van der Waals surface area (Å²) in [7, 11) is 0. The van der Waals surface area contributed by atoms with E-state index in [4.69, 9.17) is 33.2 Å². The van der Waals surface area contributed by atoms with Crippen molar-refractivity contribution in [3.05, 3.63) is 69.2 Å². The van der Waals surface area contributed by atoms with Crippen LogP contribution in [0.5, 0.6) is 0 Å². The molecule has 0 heterocycles. The van der Waals surface area contributed by atoms with Gasteiger partial charge in [-0.3, -0.25) is 0 Å². The molecule has 2 aromatic rings. The molecule has 0 aromatic heterocycles. The number of nitriles is 1. The summed E-state index contributed by atoms with van der Waals surface area (Å²) in [5, 5.41) is 9.47. The Balaban J connectivity index is 2.05. The molecule has 2 rings (SSSR count). The predicted octanol–water partition coefficient (Wildman–Crippen LogP) is 4.22. The van der Waals surface area contributed by atoms with Crippen molar-refractivity contribution >= 4 is 29.2 Å². The summed E-state index contributed by atoms with van der Waals surface area (Å²) in [6.45, 7) is 0.0919. The molecule has 3 nitrogen and oxygen atoms in total. The summed E-state index contributed by atoms with van der Waals surface area (Å²) in [4.78, 5) is 11.8. The first-order valence-corrected chi connectivity index (χ1v) is 6.47. The number of benzene rings is 2. The largest absolute Gasteiger partial charge is 0.457 e. The second-order valence-electron chi connectivity index (χ2n) is 4.02. The van der Waals surface area contributed by atoms with Crippen LogP contribution in [0, 0.1) is 11.3 Å². The molecule has 0 aliphatic rings. The average Bonchev–Trinajstić information content (AvgIpc) is 2.47. The first kappa shape index (κ1) is 14.4. The molecule has 0 fully saturated rings. The lowest BCUT2D eigenvalue weighted by atomic mass is 10.1. The highest BCUT2D eigenvalue weighted by Gasteiger charge is 2.09. The van der Waals surface area contributed by atoms with Crippen LogP contribution in [0.1, 0.15) is 21.5 Å². The molecule has 0 aliphatic carbocycles. The quantitative estimate of drug-likeness (QED) is 0.798. The number of rotatable bonds is 3. The molecule has 0 atom stereocenters. The van der Waals surface area contributed by atoms with Gasteiger partial charge in [0.25, 0.3) is 0 Å². The molecule has 0 radical (unpaired) electrons. The minimum absolute atomic E-state index is 0.0919. The van der Waals surface area contributed by atoms with Crippen LogP contribution >= 0.6 is 23.2 Å². The van der Waals surface area contributed by atoms with Crippen molar-refractivity contribution in [3.63, 3.8) is 0 Å². The summed E-state index contributed by atoms with van der Waals surface area (Å²) in [6.07, 6.45) is 0. The van der Waals surface area contributed by atoms with Gasteiger partial charge in [-0.1, -0.05) is 35.3 Å². The van der Waals surface area contributed by atoms with Gasteiger partial charge < -0.3 is 4.74 Å². The van der Waals surface area contributed by atoms with Crippen molar-refractivity contribution < 1.29 is 9.53 Å². The van der Waals surface area contributed by atoms with E-state index < -0.39 is 5.97 Å². The molecule has 20 heavy (non-hydrogen) atoms. The topological polar surface area (TPSA) is 50.1 Å². The maximum Gasteiger partial charge on any atom is 0.338 e. The molecule has 0 saturated heterocycles. The summed E-state index contributed by atoms with van der Waals surface area (Å²) in [5.74, 6) is -0.495. The van der Waals surface area contributed by atoms with Gasteiger partial charge in [0.05, 0.1) is 27.2 Å². The van der Waals surface area contributed by atoms with E-state index >= 15 is 0 Å². The van der Waals surface area contributed by atoms with Crippen molar-refractivity contribution in [1.82, 2.24) is 0 Å². The van der Waals surface area contributed by atoms with Gasteiger partial charge in [0.2, 0.25) is 0 Å². The number of esters is 1. The van der Waals surface area contributed by atoms with Crippen LogP contribution in [0.2, 0.25) is 10.0 Å². The standard InChI is InChI=1S/C15H9Cl2NO2/c16-13-5-4-12(7-14(13)17)15(19)20-9-11-3-1-2-10(6-11)8-18/h1-7H,9H2. The molecular weight excluding hydrogens is 297 g/mol. The number of halogens is 2. The molecule has 0 unspecified atom stereocenters. The minimum atomic E-state index is -0.495. The van der Waals surface area contributed by atoms with Crippen molar-refractivity contribution in [1.29, 1.82) is 5.26 Å². The molecule has 2 aromatic carbocycles. The lowest BCUT2D eigenvalue weighted by molar-refractivity contribution is 0.0472. The van der Waals surface area contributed by atoms with Gasteiger partial charge in [-0.2, -0.15) is 5.26 Å². The molecule has 100 valence electrons. The minimum Gasteiger partial charge on any atom is -0.457 e. The smallest absolute Gasteiger partial charge is 0.338 e. The molecule has 0 amide bonds. The Kier molecular flexibility index (Phi) is 4.62. The Morgan fingerprint density at radius 3 is 2.65 bits per heavy atom. The van der Waals surface area contributed by atoms with E-state index in [-0.39, 0.29) is 6.61 Å². The van der Waals surface area contributed by atoms with Gasteiger partial charge >= 0.3 is 5.97 Å². The lowest BCUT2D eigenvalue weighted by Gasteiger charge is -2.06. The number of hydrogen-bond acceptors (Lipinski definition) is 3. The Morgan fingerprint density at radius 2 is 1.95 bits per heavy atom. The second-order valence-corrected chi connectivity index (χ2v) is 4.83. The Labute approximate surface area is 126 Å². The van der Waals surface area contributed by atoms with Gasteiger partial charge in [-0.15, -0.1) is 0 Å². The fourth-order valence-electron chi connectivity index (χ4n) is 1.59. The number of carbonyl (C=O) groups is 1. The van der Waals surface area contributed by atoms with Crippen LogP contribution in [0.15, 0.2) is 42.5 Å². The van der Waals surface area contributed by atoms with Gasteiger partial charge in [0.15, 0.2) is 0 Å². The second kappa shape index (κ2) is 6.42. The van der Waals surface area contributed by atoms with Gasteiger partial charge in [0, 0.05) is 0 Å². The average molecular weight is 306 g/mol. The fourth-order valence-corrected chi connectivity index (χ4v) is 1.88. The number of carbonyl (C=O) groups excluding carboxylic acids is 1. The summed E-state index contributed by atoms with van der Waals surface area (Å²) < 4.78 is 5.16. The summed E-state index contributed by atoms with van der Waals surface area (Å²) in [5.41, 5.74) is 1.60. The van der Waals surface area contributed by atoms with E-state index in [2.05, 4.69) is 0 Å². The monoisotopic (exact) mass is 305 g/mol. The van der Waals surface area contributed by atoms with E-state index in [9.17, 15) is 4.79 Å². The molecule has 0 aliphatic heterocycles. The van der Waals surface area contributed by atoms with E-state index in [0.717, 1.165) is 5.56 Å². The van der Waals surface area contributed by atoms with Crippen LogP contribution in [0.4, 0.5) is 0 Å². The van der Waals surface area contributed by atoms with Crippen molar-refractivity contribution in [2.45, 2.75) is 6.61 Å². The first-order chi connectivity index (χ1) is 9.60. The zero-order chi connectivity index (χ0) is 14.5. The van der Waals surface area contributed by atoms with E-state index in [1.807, 2.05) is 6.07 Å². The zero-order valence-electron chi connectivity index (χ0n) is 10.3. The summed E-state index contributed by atoms with van der Waals surface area (Å²) >= 11 is 11.6. The van der Waals surface area contributed by atoms with Crippen LogP contribution in [0.25, 0.3) is 0 Å². The highest BCUT2D eigenvalue weighted by Crippen LogP contribution is 2.23. The van der Waals surface area contributed by atoms with Crippen molar-refractivity contribution in [2.75, 3.05) is 0 Å². The number of ether oxygens (including phenoxy) is 1. The molecule has 5 heteroatoms. The predicted molar refractivity (Wildman–Crippen MR) is 76.7 cm³/mol. The zero-order valence-corrected chi connectivity index (χ0v) is 11.8. The van der Waals surface area contributed by atoms with Crippen molar-refractivity contribution in [3.8, 4) is 6.07 Å². The third-order valence-electron chi connectivity index (χ3n) is 2.58. The molecule has 0 saturated carbocycles. The highest BCUT2D eigenvalue weighted by atomic mass is 35.5. The Bertz CT molecular complexity index is 693. The number of nitrogens with zero attached hydrogens (tertiary/aromatic N) is 1. The normalized spacial score (nSPS) is 9.85. The van der Waals surface area contributed by atoms with Crippen LogP contribution in [-0.2, 0) is 11.3 Å². The summed E-state index contributed by atoms with van der Waals surface area (Å²) in [6, 6.07) is 13.4. The van der Waals surface area contributed by atoms with Gasteiger partial charge in [-0.25, -0.2) is 4.79 Å². The SMILES string of the molecule is N#Cc1cccc(COC(=O)c2ccc(Cl)c(Cl)c2)c1. The van der Waals surface area contributed by atoms with Gasteiger partial charge in [0.1, 0.15) is 6.61 Å². The van der Waals surface area contributed by atoms with Crippen LogP contribution < -0.4 is 0 Å². The Morgan fingerprint density at radius 1 is 1.15 bits per heavy atom. The van der Waals surface area contributed by atoms with Crippen molar-refractivity contribution in [2.24, 2.45) is 0 Å². The van der Waals surface area contributed by atoms with Gasteiger partial charge in [-0.05, 0) is 35.9 Å². The molecule has 0 N–H and O–H groups in total. The van der Waals surface area contributed by atoms with E-state index in [0.29, 0.717) is 21.2 Å². The van der Waals surface area contributed by atoms with E-state index in [1.54, 1.807) is 30.3 Å². The van der Waals surface area contributed by atoms with Crippen LogP contribution in [0.3, 0.4) is 0 Å². The Hall–Kier alpha value is -2.02. The molecule has 0 spiro atoms. The first-order valence-electron chi connectivity index (χ1n) is 5.71. The third-order valence-corrected chi connectivity index (χ3v) is 3.32. The fraction of sp³-hybridized carbons (Fsp3) is 0.0667. The van der Waals surface area contributed by atoms with Crippen LogP contribution in [-0.4, -0.2) is 5.97 Å². The number of hydrogen-bond donors (Lipinski definition) is 0. The lowest BCUT2D eigenvalue weighted by Crippen LogP contribution is -2.05. The molecular formula is C15H9Cl2NO2. The molecule has 0 bridgehead atoms. The highest BCUT2D eigenvalue weighted by molar-refractivity contribution is 6.42. The third kappa shape index (κ3) is 3.51. The maximum atomic E-state index is 11.8.